The number of benzene rings is 1. The molecule has 23 heavy (non-hydrogen) atoms. The zero-order valence-corrected chi connectivity index (χ0v) is 14.8. The smallest absolute Gasteiger partial charge is 0.281 e. The van der Waals surface area contributed by atoms with E-state index in [1.807, 2.05) is 0 Å². The third kappa shape index (κ3) is 4.81. The van der Waals surface area contributed by atoms with Crippen LogP contribution < -0.4 is 14.8 Å². The summed E-state index contributed by atoms with van der Waals surface area (Å²) in [6.45, 7) is -0.111. The highest BCUT2D eigenvalue weighted by molar-refractivity contribution is 7.86. The standard InChI is InChI=1S/C14H23N3O5S/c1-16(2)23(19,20)17(3)10-14(18)15-9-11-12(21-4)7-6-8-13(11)22-5/h6-8H,9-10H2,1-5H3,(H,15,18). The van der Waals surface area contributed by atoms with Crippen molar-refractivity contribution >= 4 is 16.1 Å². The lowest BCUT2D eigenvalue weighted by molar-refractivity contribution is -0.121. The Balaban J connectivity index is 2.75. The quantitative estimate of drug-likeness (QED) is 0.720. The van der Waals surface area contributed by atoms with E-state index in [1.54, 1.807) is 18.2 Å². The van der Waals surface area contributed by atoms with Crippen molar-refractivity contribution in [2.45, 2.75) is 6.54 Å². The van der Waals surface area contributed by atoms with Crippen LogP contribution in [0, 0.1) is 0 Å². The molecule has 0 aliphatic heterocycles. The average Bonchev–Trinajstić information content (AvgIpc) is 2.51. The second-order valence-electron chi connectivity index (χ2n) is 4.96. The van der Waals surface area contributed by atoms with Crippen LogP contribution in [0.5, 0.6) is 11.5 Å². The summed E-state index contributed by atoms with van der Waals surface area (Å²) >= 11 is 0. The van der Waals surface area contributed by atoms with E-state index in [4.69, 9.17) is 9.47 Å². The van der Waals surface area contributed by atoms with Crippen LogP contribution in [0.1, 0.15) is 5.56 Å². The van der Waals surface area contributed by atoms with E-state index >= 15 is 0 Å². The van der Waals surface area contributed by atoms with Crippen LogP contribution >= 0.6 is 0 Å². The largest absolute Gasteiger partial charge is 0.496 e. The molecule has 8 nitrogen and oxygen atoms in total. The van der Waals surface area contributed by atoms with Gasteiger partial charge in [-0.15, -0.1) is 0 Å². The van der Waals surface area contributed by atoms with E-state index < -0.39 is 16.1 Å². The molecule has 0 aliphatic carbocycles. The Morgan fingerprint density at radius 2 is 1.65 bits per heavy atom. The van der Waals surface area contributed by atoms with Crippen LogP contribution in [0.4, 0.5) is 0 Å². The van der Waals surface area contributed by atoms with Gasteiger partial charge in [-0.3, -0.25) is 4.79 Å². The van der Waals surface area contributed by atoms with Gasteiger partial charge < -0.3 is 14.8 Å². The van der Waals surface area contributed by atoms with Crippen LogP contribution in [0.2, 0.25) is 0 Å². The molecule has 0 fully saturated rings. The zero-order valence-electron chi connectivity index (χ0n) is 14.0. The summed E-state index contributed by atoms with van der Waals surface area (Å²) in [6, 6.07) is 5.29. The Morgan fingerprint density at radius 3 is 2.09 bits per heavy atom. The first kappa shape index (κ1) is 19.2. The Morgan fingerprint density at radius 1 is 1.13 bits per heavy atom. The van der Waals surface area contributed by atoms with Crippen LogP contribution in [0.3, 0.4) is 0 Å². The van der Waals surface area contributed by atoms with Gasteiger partial charge in [0.05, 0.1) is 32.9 Å². The van der Waals surface area contributed by atoms with E-state index in [0.29, 0.717) is 17.1 Å². The molecule has 1 aromatic rings. The lowest BCUT2D eigenvalue weighted by atomic mass is 10.1. The van der Waals surface area contributed by atoms with E-state index in [0.717, 1.165) is 8.61 Å². The number of carbonyl (C=O) groups excluding carboxylic acids is 1. The van der Waals surface area contributed by atoms with E-state index in [1.165, 1.54) is 35.4 Å². The van der Waals surface area contributed by atoms with Crippen molar-refractivity contribution in [1.29, 1.82) is 0 Å². The summed E-state index contributed by atoms with van der Waals surface area (Å²) in [5, 5.41) is 2.67. The van der Waals surface area contributed by atoms with Gasteiger partial charge in [0.15, 0.2) is 0 Å². The molecule has 0 saturated heterocycles. The Bertz CT molecular complexity index is 624. The molecule has 0 spiro atoms. The first-order valence-electron chi connectivity index (χ1n) is 6.84. The molecule has 1 aromatic carbocycles. The maximum Gasteiger partial charge on any atom is 0.281 e. The molecule has 0 radical (unpaired) electrons. The number of nitrogens with one attached hydrogen (secondary N) is 1. The third-order valence-corrected chi connectivity index (χ3v) is 5.05. The van der Waals surface area contributed by atoms with E-state index in [9.17, 15) is 13.2 Å². The van der Waals surface area contributed by atoms with Crippen LogP contribution in [-0.4, -0.2) is 64.8 Å². The number of rotatable bonds is 8. The van der Waals surface area contributed by atoms with Gasteiger partial charge in [0, 0.05) is 21.1 Å². The maximum atomic E-state index is 12.0. The Kier molecular flexibility index (Phi) is 6.79. The Labute approximate surface area is 137 Å². The second kappa shape index (κ2) is 8.14. The lowest BCUT2D eigenvalue weighted by Gasteiger charge is -2.21. The molecule has 1 amide bonds. The van der Waals surface area contributed by atoms with Crippen molar-refractivity contribution in [1.82, 2.24) is 13.9 Å². The average molecular weight is 345 g/mol. The number of carbonyl (C=O) groups is 1. The summed E-state index contributed by atoms with van der Waals surface area (Å²) < 4.78 is 36.3. The number of hydrogen-bond acceptors (Lipinski definition) is 5. The van der Waals surface area contributed by atoms with Gasteiger partial charge in [0.2, 0.25) is 5.91 Å². The molecule has 0 aromatic heterocycles. The number of nitrogens with zero attached hydrogens (tertiary/aromatic N) is 2. The highest BCUT2D eigenvalue weighted by Crippen LogP contribution is 2.27. The molecule has 1 rings (SSSR count). The van der Waals surface area contributed by atoms with Crippen molar-refractivity contribution in [3.63, 3.8) is 0 Å². The Hall–Kier alpha value is -1.84. The van der Waals surface area contributed by atoms with Crippen LogP contribution in [-0.2, 0) is 21.5 Å². The third-order valence-electron chi connectivity index (χ3n) is 3.21. The predicted molar refractivity (Wildman–Crippen MR) is 86.6 cm³/mol. The second-order valence-corrected chi connectivity index (χ2v) is 7.21. The van der Waals surface area contributed by atoms with Crippen molar-refractivity contribution in [3.05, 3.63) is 23.8 Å². The predicted octanol–water partition coefficient (Wildman–Crippen LogP) is 0.0582. The van der Waals surface area contributed by atoms with Gasteiger partial charge >= 0.3 is 0 Å². The number of likely N-dealkylation sites (N-methyl/N-ethyl adjacent to an activating group) is 1. The van der Waals surface area contributed by atoms with Crippen molar-refractivity contribution in [2.24, 2.45) is 0 Å². The SMILES string of the molecule is COc1cccc(OC)c1CNC(=O)CN(C)S(=O)(=O)N(C)C. The number of ether oxygens (including phenoxy) is 2. The maximum absolute atomic E-state index is 12.0. The molecule has 0 bridgehead atoms. The molecular formula is C14H23N3O5S. The summed E-state index contributed by atoms with van der Waals surface area (Å²) in [5.41, 5.74) is 0.684. The van der Waals surface area contributed by atoms with E-state index in [2.05, 4.69) is 5.32 Å². The molecule has 0 unspecified atom stereocenters. The fraction of sp³-hybridized carbons (Fsp3) is 0.500. The summed E-state index contributed by atoms with van der Waals surface area (Å²) in [6.07, 6.45) is 0. The topological polar surface area (TPSA) is 88.2 Å². The minimum Gasteiger partial charge on any atom is -0.496 e. The van der Waals surface area contributed by atoms with E-state index in [-0.39, 0.29) is 13.1 Å². The molecule has 130 valence electrons. The fourth-order valence-corrected chi connectivity index (χ4v) is 2.75. The summed E-state index contributed by atoms with van der Waals surface area (Å²) in [7, 11) is 3.58. The zero-order chi connectivity index (χ0) is 17.6. The lowest BCUT2D eigenvalue weighted by Crippen LogP contribution is -2.43. The molecule has 9 heteroatoms. The van der Waals surface area contributed by atoms with Crippen molar-refractivity contribution in [2.75, 3.05) is 41.9 Å². The van der Waals surface area contributed by atoms with Crippen LogP contribution in [0.15, 0.2) is 18.2 Å². The summed E-state index contributed by atoms with van der Waals surface area (Å²) in [5.74, 6) is 0.740. The highest BCUT2D eigenvalue weighted by Gasteiger charge is 2.22. The molecular weight excluding hydrogens is 322 g/mol. The minimum absolute atomic E-state index is 0.169. The number of methoxy groups -OCH3 is 2. The molecule has 0 atom stereocenters. The van der Waals surface area contributed by atoms with Gasteiger partial charge in [0.1, 0.15) is 11.5 Å². The van der Waals surface area contributed by atoms with Gasteiger partial charge in [-0.05, 0) is 12.1 Å². The monoisotopic (exact) mass is 345 g/mol. The highest BCUT2D eigenvalue weighted by atomic mass is 32.2. The number of amides is 1. The fourth-order valence-electron chi connectivity index (χ4n) is 1.91. The molecule has 0 aliphatic rings. The van der Waals surface area contributed by atoms with Gasteiger partial charge in [-0.1, -0.05) is 6.07 Å². The minimum atomic E-state index is -3.62. The normalized spacial score (nSPS) is 11.6. The summed E-state index contributed by atoms with van der Waals surface area (Å²) in [4.78, 5) is 12.0. The van der Waals surface area contributed by atoms with Gasteiger partial charge in [0.25, 0.3) is 10.2 Å². The van der Waals surface area contributed by atoms with Crippen molar-refractivity contribution < 1.29 is 22.7 Å². The van der Waals surface area contributed by atoms with Gasteiger partial charge in [-0.2, -0.15) is 17.0 Å². The molecule has 0 heterocycles. The molecule has 0 saturated carbocycles. The first-order valence-corrected chi connectivity index (χ1v) is 8.24. The van der Waals surface area contributed by atoms with Gasteiger partial charge in [-0.25, -0.2) is 0 Å². The first-order chi connectivity index (χ1) is 10.7. The van der Waals surface area contributed by atoms with Crippen molar-refractivity contribution in [3.8, 4) is 11.5 Å². The number of hydrogen-bond donors (Lipinski definition) is 1. The van der Waals surface area contributed by atoms with Crippen LogP contribution in [0.25, 0.3) is 0 Å². The molecule has 1 N–H and O–H groups in total.